The molecule has 0 amide bonds. The minimum atomic E-state index is -0.244. The molecule has 0 radical (unpaired) electrons. The summed E-state index contributed by atoms with van der Waals surface area (Å²) in [5, 5.41) is 0. The quantitative estimate of drug-likeness (QED) is 0.184. The van der Waals surface area contributed by atoms with E-state index in [2.05, 4.69) is 148 Å². The van der Waals surface area contributed by atoms with Gasteiger partial charge in [-0.3, -0.25) is 9.13 Å². The molecule has 0 spiro atoms. The van der Waals surface area contributed by atoms with Crippen molar-refractivity contribution in [3.63, 3.8) is 0 Å². The van der Waals surface area contributed by atoms with E-state index in [1.165, 1.54) is 27.9 Å². The highest BCUT2D eigenvalue weighted by atomic mass is 15.1. The zero-order valence-electron chi connectivity index (χ0n) is 26.0. The van der Waals surface area contributed by atoms with Crippen molar-refractivity contribution in [2.24, 2.45) is 0 Å². The number of aromatic nitrogens is 4. The van der Waals surface area contributed by atoms with Gasteiger partial charge in [0.2, 0.25) is 0 Å². The molecule has 0 aliphatic rings. The molecule has 6 aromatic rings. The standard InChI is InChI=1S/C39H40N4/c1-27(2)34-19-12-20-35(28(3)4)36(34)43-24-22-41-38(43)30-14-11-16-32(26-30)39(5,6)31-15-10-13-29(25-31)37-40-21-23-42(37)33-17-8-7-9-18-33/h7-28H,1-6H3. The van der Waals surface area contributed by atoms with Crippen molar-refractivity contribution in [1.82, 2.24) is 19.1 Å². The summed E-state index contributed by atoms with van der Waals surface area (Å²) < 4.78 is 4.44. The van der Waals surface area contributed by atoms with Crippen molar-refractivity contribution in [3.8, 4) is 34.2 Å². The Morgan fingerprint density at radius 1 is 0.558 bits per heavy atom. The molecule has 0 saturated heterocycles. The zero-order chi connectivity index (χ0) is 30.1. The Morgan fingerprint density at radius 2 is 1.05 bits per heavy atom. The lowest BCUT2D eigenvalue weighted by atomic mass is 9.77. The largest absolute Gasteiger partial charge is 0.300 e. The average molecular weight is 565 g/mol. The van der Waals surface area contributed by atoms with Gasteiger partial charge < -0.3 is 0 Å². The van der Waals surface area contributed by atoms with Crippen molar-refractivity contribution >= 4 is 0 Å². The van der Waals surface area contributed by atoms with E-state index in [0.29, 0.717) is 11.8 Å². The second kappa shape index (κ2) is 11.5. The molecule has 4 nitrogen and oxygen atoms in total. The monoisotopic (exact) mass is 564 g/mol. The highest BCUT2D eigenvalue weighted by Crippen LogP contribution is 2.37. The number of imidazole rings is 2. The van der Waals surface area contributed by atoms with Gasteiger partial charge in [-0.2, -0.15) is 0 Å². The highest BCUT2D eigenvalue weighted by molar-refractivity contribution is 5.65. The number of hydrogen-bond acceptors (Lipinski definition) is 2. The van der Waals surface area contributed by atoms with Crippen molar-refractivity contribution in [2.75, 3.05) is 0 Å². The molecule has 0 bridgehead atoms. The maximum absolute atomic E-state index is 4.90. The molecule has 216 valence electrons. The number of hydrogen-bond donors (Lipinski definition) is 0. The SMILES string of the molecule is CC(C)c1cccc(C(C)C)c1-n1ccnc1-c1cccc(C(C)(C)c2cccc(-c3nccn3-c3ccccc3)c2)c1. The van der Waals surface area contributed by atoms with Gasteiger partial charge in [0.1, 0.15) is 11.6 Å². The summed E-state index contributed by atoms with van der Waals surface area (Å²) >= 11 is 0. The van der Waals surface area contributed by atoms with E-state index >= 15 is 0 Å². The first-order valence-corrected chi connectivity index (χ1v) is 15.2. The third-order valence-electron chi connectivity index (χ3n) is 8.58. The first-order chi connectivity index (χ1) is 20.8. The van der Waals surface area contributed by atoms with Crippen LogP contribution in [0.4, 0.5) is 0 Å². The number of para-hydroxylation sites is 2. The van der Waals surface area contributed by atoms with Crippen LogP contribution in [0.5, 0.6) is 0 Å². The van der Waals surface area contributed by atoms with E-state index in [1.54, 1.807) is 0 Å². The maximum atomic E-state index is 4.90. The fourth-order valence-corrected chi connectivity index (χ4v) is 6.06. The lowest BCUT2D eigenvalue weighted by Crippen LogP contribution is -2.19. The molecule has 4 heteroatoms. The fourth-order valence-electron chi connectivity index (χ4n) is 6.06. The topological polar surface area (TPSA) is 35.6 Å². The second-order valence-electron chi connectivity index (χ2n) is 12.5. The Labute approximate surface area is 255 Å². The molecule has 0 aliphatic heterocycles. The Kier molecular flexibility index (Phi) is 7.62. The van der Waals surface area contributed by atoms with Gasteiger partial charge in [-0.25, -0.2) is 9.97 Å². The molecule has 4 aromatic carbocycles. The summed E-state index contributed by atoms with van der Waals surface area (Å²) in [5.74, 6) is 2.70. The van der Waals surface area contributed by atoms with E-state index < -0.39 is 0 Å². The van der Waals surface area contributed by atoms with Crippen molar-refractivity contribution in [3.05, 3.63) is 144 Å². The molecule has 2 heterocycles. The summed E-state index contributed by atoms with van der Waals surface area (Å²) in [4.78, 5) is 9.63. The molecular formula is C39H40N4. The lowest BCUT2D eigenvalue weighted by Gasteiger charge is -2.27. The number of benzene rings is 4. The first-order valence-electron chi connectivity index (χ1n) is 15.2. The Bertz CT molecular complexity index is 1830. The highest BCUT2D eigenvalue weighted by Gasteiger charge is 2.26. The van der Waals surface area contributed by atoms with Crippen molar-refractivity contribution in [2.45, 2.75) is 58.8 Å². The molecule has 43 heavy (non-hydrogen) atoms. The van der Waals surface area contributed by atoms with Gasteiger partial charge in [0, 0.05) is 47.0 Å². The minimum Gasteiger partial charge on any atom is -0.300 e. The fraction of sp³-hybridized carbons (Fsp3) is 0.231. The van der Waals surface area contributed by atoms with Gasteiger partial charge in [0.05, 0.1) is 5.69 Å². The molecular weight excluding hydrogens is 524 g/mol. The summed E-state index contributed by atoms with van der Waals surface area (Å²) in [7, 11) is 0. The molecule has 0 aliphatic carbocycles. The van der Waals surface area contributed by atoms with Crippen LogP contribution < -0.4 is 0 Å². The molecule has 0 N–H and O–H groups in total. The van der Waals surface area contributed by atoms with Crippen molar-refractivity contribution < 1.29 is 0 Å². The summed E-state index contributed by atoms with van der Waals surface area (Å²) in [6, 6.07) is 34.7. The van der Waals surface area contributed by atoms with E-state index in [4.69, 9.17) is 9.97 Å². The normalized spacial score (nSPS) is 11.9. The van der Waals surface area contributed by atoms with Crippen LogP contribution in [-0.4, -0.2) is 19.1 Å². The van der Waals surface area contributed by atoms with Crippen LogP contribution in [0, 0.1) is 0 Å². The van der Waals surface area contributed by atoms with Crippen LogP contribution in [0.1, 0.15) is 75.6 Å². The Hall–Kier alpha value is -4.70. The summed E-state index contributed by atoms with van der Waals surface area (Å²) in [6.07, 6.45) is 7.93. The third-order valence-corrected chi connectivity index (χ3v) is 8.58. The van der Waals surface area contributed by atoms with Crippen LogP contribution in [0.3, 0.4) is 0 Å². The van der Waals surface area contributed by atoms with Crippen molar-refractivity contribution in [1.29, 1.82) is 0 Å². The maximum Gasteiger partial charge on any atom is 0.144 e. The second-order valence-corrected chi connectivity index (χ2v) is 12.5. The average Bonchev–Trinajstić information content (AvgIpc) is 3.72. The first kappa shape index (κ1) is 28.4. The van der Waals surface area contributed by atoms with Gasteiger partial charge in [-0.15, -0.1) is 0 Å². The van der Waals surface area contributed by atoms with Gasteiger partial charge in [0.15, 0.2) is 0 Å². The summed E-state index contributed by atoms with van der Waals surface area (Å²) in [6.45, 7) is 13.7. The van der Waals surface area contributed by atoms with Gasteiger partial charge >= 0.3 is 0 Å². The predicted molar refractivity (Wildman–Crippen MR) is 178 cm³/mol. The summed E-state index contributed by atoms with van der Waals surface area (Å²) in [5.41, 5.74) is 9.47. The van der Waals surface area contributed by atoms with Crippen LogP contribution in [-0.2, 0) is 5.41 Å². The number of rotatable bonds is 8. The van der Waals surface area contributed by atoms with Gasteiger partial charge in [0.25, 0.3) is 0 Å². The van der Waals surface area contributed by atoms with Gasteiger partial charge in [-0.05, 0) is 58.4 Å². The molecule has 0 fully saturated rings. The van der Waals surface area contributed by atoms with Crippen LogP contribution in [0.15, 0.2) is 122 Å². The Morgan fingerprint density at radius 3 is 1.58 bits per heavy atom. The molecule has 0 unspecified atom stereocenters. The smallest absolute Gasteiger partial charge is 0.144 e. The van der Waals surface area contributed by atoms with E-state index in [9.17, 15) is 0 Å². The Balaban J connectivity index is 1.40. The molecule has 6 rings (SSSR count). The van der Waals surface area contributed by atoms with E-state index in [1.807, 2.05) is 24.7 Å². The molecule has 0 atom stereocenters. The van der Waals surface area contributed by atoms with Gasteiger partial charge in [-0.1, -0.05) is 114 Å². The zero-order valence-corrected chi connectivity index (χ0v) is 26.0. The van der Waals surface area contributed by atoms with Crippen LogP contribution in [0.2, 0.25) is 0 Å². The lowest BCUT2D eigenvalue weighted by molar-refractivity contribution is 0.641. The molecule has 0 saturated carbocycles. The number of nitrogens with zero attached hydrogens (tertiary/aromatic N) is 4. The predicted octanol–water partition coefficient (Wildman–Crippen LogP) is 9.96. The van der Waals surface area contributed by atoms with E-state index in [-0.39, 0.29) is 5.41 Å². The third kappa shape index (κ3) is 5.34. The minimum absolute atomic E-state index is 0.244. The molecule has 2 aromatic heterocycles. The van der Waals surface area contributed by atoms with E-state index in [0.717, 1.165) is 28.5 Å². The van der Waals surface area contributed by atoms with Crippen LogP contribution in [0.25, 0.3) is 34.2 Å². The van der Waals surface area contributed by atoms with Crippen LogP contribution >= 0.6 is 0 Å².